The van der Waals surface area contributed by atoms with Crippen LogP contribution in [-0.2, 0) is 0 Å². The highest BCUT2D eigenvalue weighted by Gasteiger charge is 2.14. The molecule has 0 saturated carbocycles. The zero-order valence-electron chi connectivity index (χ0n) is 8.85. The molecule has 7 nitrogen and oxygen atoms in total. The van der Waals surface area contributed by atoms with Gasteiger partial charge in [-0.15, -0.1) is 0 Å². The third kappa shape index (κ3) is 1.67. The van der Waals surface area contributed by atoms with Gasteiger partial charge in [-0.2, -0.15) is 0 Å². The second-order valence-electron chi connectivity index (χ2n) is 3.45. The van der Waals surface area contributed by atoms with E-state index in [1.54, 1.807) is 0 Å². The van der Waals surface area contributed by atoms with E-state index in [-0.39, 0.29) is 11.3 Å². The van der Waals surface area contributed by atoms with Crippen molar-refractivity contribution in [1.82, 2.24) is 14.8 Å². The summed E-state index contributed by atoms with van der Waals surface area (Å²) in [6.45, 7) is 1.54. The minimum absolute atomic E-state index is 0.0509. The second kappa shape index (κ2) is 3.78. The molecule has 7 heteroatoms. The van der Waals surface area contributed by atoms with Gasteiger partial charge in [0.2, 0.25) is 0 Å². The molecule has 1 heterocycles. The van der Waals surface area contributed by atoms with Gasteiger partial charge in [-0.25, -0.2) is 29.1 Å². The third-order valence-electron chi connectivity index (χ3n) is 2.46. The standard InChI is InChI=1S/C10H9N3O4/c1-5-6(8(14)15)3-2-4-7(5)13-9(16)11-12-10(13)17/h2-4H,1H3,(H,11,16)(H,12,17)(H,14,15). The lowest BCUT2D eigenvalue weighted by atomic mass is 10.1. The Kier molecular flexibility index (Phi) is 2.43. The lowest BCUT2D eigenvalue weighted by molar-refractivity contribution is 0.0696. The molecule has 0 aliphatic rings. The monoisotopic (exact) mass is 235 g/mol. The van der Waals surface area contributed by atoms with E-state index in [1.807, 2.05) is 0 Å². The largest absolute Gasteiger partial charge is 0.478 e. The molecule has 0 bridgehead atoms. The molecule has 2 aromatic rings. The number of aromatic amines is 2. The zero-order chi connectivity index (χ0) is 12.6. The second-order valence-corrected chi connectivity index (χ2v) is 3.45. The van der Waals surface area contributed by atoms with Crippen LogP contribution in [0.5, 0.6) is 0 Å². The number of hydrogen-bond donors (Lipinski definition) is 3. The maximum absolute atomic E-state index is 11.4. The van der Waals surface area contributed by atoms with Crippen LogP contribution >= 0.6 is 0 Å². The minimum atomic E-state index is -1.11. The molecule has 0 aliphatic carbocycles. The molecule has 17 heavy (non-hydrogen) atoms. The number of rotatable bonds is 2. The number of carbonyl (C=O) groups is 1. The zero-order valence-corrected chi connectivity index (χ0v) is 8.85. The Morgan fingerprint density at radius 3 is 2.35 bits per heavy atom. The van der Waals surface area contributed by atoms with E-state index in [2.05, 4.69) is 10.2 Å². The molecule has 0 amide bonds. The lowest BCUT2D eigenvalue weighted by Crippen LogP contribution is -2.25. The summed E-state index contributed by atoms with van der Waals surface area (Å²) in [5.41, 5.74) is -0.624. The van der Waals surface area contributed by atoms with Gasteiger partial charge < -0.3 is 5.11 Å². The van der Waals surface area contributed by atoms with Crippen LogP contribution in [0.3, 0.4) is 0 Å². The van der Waals surface area contributed by atoms with Gasteiger partial charge in [-0.05, 0) is 24.6 Å². The first-order chi connectivity index (χ1) is 8.02. The molecule has 0 atom stereocenters. The molecule has 0 unspecified atom stereocenters. The first-order valence-corrected chi connectivity index (χ1v) is 4.75. The highest BCUT2D eigenvalue weighted by atomic mass is 16.4. The van der Waals surface area contributed by atoms with Crippen LogP contribution in [0.2, 0.25) is 0 Å². The van der Waals surface area contributed by atoms with Crippen molar-refractivity contribution in [1.29, 1.82) is 0 Å². The quantitative estimate of drug-likeness (QED) is 0.673. The van der Waals surface area contributed by atoms with Crippen LogP contribution in [0.25, 0.3) is 5.69 Å². The SMILES string of the molecule is Cc1c(C(=O)O)cccc1-n1c(=O)[nH][nH]c1=O. The summed E-state index contributed by atoms with van der Waals surface area (Å²) < 4.78 is 0.849. The average molecular weight is 235 g/mol. The molecule has 1 aromatic heterocycles. The third-order valence-corrected chi connectivity index (χ3v) is 2.46. The van der Waals surface area contributed by atoms with Crippen molar-refractivity contribution in [3.05, 3.63) is 50.3 Å². The minimum Gasteiger partial charge on any atom is -0.478 e. The molecule has 0 radical (unpaired) electrons. The molecule has 1 aromatic carbocycles. The van der Waals surface area contributed by atoms with E-state index in [0.29, 0.717) is 5.56 Å². The van der Waals surface area contributed by atoms with Crippen molar-refractivity contribution in [2.24, 2.45) is 0 Å². The Morgan fingerprint density at radius 1 is 1.24 bits per heavy atom. The van der Waals surface area contributed by atoms with Crippen LogP contribution in [0.15, 0.2) is 27.8 Å². The Morgan fingerprint density at radius 2 is 1.82 bits per heavy atom. The number of H-pyrrole nitrogens is 2. The topological polar surface area (TPSA) is 108 Å². The summed E-state index contributed by atoms with van der Waals surface area (Å²) in [6, 6.07) is 4.39. The molecule has 3 N–H and O–H groups in total. The number of hydrogen-bond acceptors (Lipinski definition) is 3. The van der Waals surface area contributed by atoms with Gasteiger partial charge in [0, 0.05) is 0 Å². The van der Waals surface area contributed by atoms with E-state index in [9.17, 15) is 14.4 Å². The molecular formula is C10H9N3O4. The number of aromatic nitrogens is 3. The van der Waals surface area contributed by atoms with Gasteiger partial charge in [0.15, 0.2) is 0 Å². The van der Waals surface area contributed by atoms with E-state index < -0.39 is 17.3 Å². The molecule has 0 spiro atoms. The van der Waals surface area contributed by atoms with E-state index in [1.165, 1.54) is 25.1 Å². The Labute approximate surface area is 94.3 Å². The van der Waals surface area contributed by atoms with E-state index in [0.717, 1.165) is 4.57 Å². The summed E-state index contributed by atoms with van der Waals surface area (Å²) in [5, 5.41) is 13.2. The summed E-state index contributed by atoms with van der Waals surface area (Å²) in [6.07, 6.45) is 0. The van der Waals surface area contributed by atoms with Crippen LogP contribution in [0.4, 0.5) is 0 Å². The molecular weight excluding hydrogens is 226 g/mol. The van der Waals surface area contributed by atoms with Gasteiger partial charge in [0.1, 0.15) is 0 Å². The smallest absolute Gasteiger partial charge is 0.348 e. The first kappa shape index (κ1) is 10.9. The van der Waals surface area contributed by atoms with Crippen LogP contribution < -0.4 is 11.4 Å². The molecule has 2 rings (SSSR count). The number of nitrogens with zero attached hydrogens (tertiary/aromatic N) is 1. The normalized spacial score (nSPS) is 10.4. The maximum Gasteiger partial charge on any atom is 0.348 e. The fraction of sp³-hybridized carbons (Fsp3) is 0.100. The van der Waals surface area contributed by atoms with E-state index in [4.69, 9.17) is 5.11 Å². The average Bonchev–Trinajstić information content (AvgIpc) is 2.59. The summed E-state index contributed by atoms with van der Waals surface area (Å²) >= 11 is 0. The van der Waals surface area contributed by atoms with E-state index >= 15 is 0 Å². The number of nitrogens with one attached hydrogen (secondary N) is 2. The lowest BCUT2D eigenvalue weighted by Gasteiger charge is -2.06. The number of carboxylic acids is 1. The molecule has 0 fully saturated rings. The highest BCUT2D eigenvalue weighted by molar-refractivity contribution is 5.90. The van der Waals surface area contributed by atoms with Gasteiger partial charge in [-0.3, -0.25) is 0 Å². The van der Waals surface area contributed by atoms with Crippen molar-refractivity contribution in [3.63, 3.8) is 0 Å². The van der Waals surface area contributed by atoms with Crippen LogP contribution in [-0.4, -0.2) is 25.8 Å². The van der Waals surface area contributed by atoms with Crippen molar-refractivity contribution in [2.75, 3.05) is 0 Å². The predicted octanol–water partition coefficient (Wildman–Crippen LogP) is -0.139. The summed E-state index contributed by atoms with van der Waals surface area (Å²) in [5.74, 6) is -1.11. The Hall–Kier alpha value is -2.57. The van der Waals surface area contributed by atoms with Gasteiger partial charge in [0.05, 0.1) is 11.3 Å². The van der Waals surface area contributed by atoms with Crippen molar-refractivity contribution < 1.29 is 9.90 Å². The van der Waals surface area contributed by atoms with Crippen LogP contribution in [0, 0.1) is 6.92 Å². The predicted molar refractivity (Wildman–Crippen MR) is 58.7 cm³/mol. The molecule has 0 saturated heterocycles. The van der Waals surface area contributed by atoms with Crippen LogP contribution in [0.1, 0.15) is 15.9 Å². The fourth-order valence-corrected chi connectivity index (χ4v) is 1.63. The van der Waals surface area contributed by atoms with Crippen molar-refractivity contribution in [3.8, 4) is 5.69 Å². The fourth-order valence-electron chi connectivity index (χ4n) is 1.63. The Bertz CT molecular complexity index is 665. The number of benzene rings is 1. The number of aromatic carboxylic acids is 1. The molecule has 0 aliphatic heterocycles. The van der Waals surface area contributed by atoms with Crippen molar-refractivity contribution in [2.45, 2.75) is 6.92 Å². The number of carboxylic acid groups (broad SMARTS) is 1. The van der Waals surface area contributed by atoms with Gasteiger partial charge in [-0.1, -0.05) is 6.07 Å². The van der Waals surface area contributed by atoms with Gasteiger partial charge in [0.25, 0.3) is 0 Å². The molecule has 88 valence electrons. The maximum atomic E-state index is 11.4. The first-order valence-electron chi connectivity index (χ1n) is 4.75. The highest BCUT2D eigenvalue weighted by Crippen LogP contribution is 2.15. The summed E-state index contributed by atoms with van der Waals surface area (Å²) in [7, 11) is 0. The summed E-state index contributed by atoms with van der Waals surface area (Å²) in [4.78, 5) is 33.7. The van der Waals surface area contributed by atoms with Crippen molar-refractivity contribution >= 4 is 5.97 Å². The van der Waals surface area contributed by atoms with Gasteiger partial charge >= 0.3 is 17.3 Å². The Balaban J connectivity index is 2.78.